The van der Waals surface area contributed by atoms with Crippen molar-refractivity contribution in [1.29, 1.82) is 0 Å². The van der Waals surface area contributed by atoms with Crippen LogP contribution in [-0.2, 0) is 9.47 Å². The van der Waals surface area contributed by atoms with Crippen molar-refractivity contribution < 1.29 is 14.3 Å². The Bertz CT molecular complexity index is 495. The predicted octanol–water partition coefficient (Wildman–Crippen LogP) is 1.81. The largest absolute Gasteiger partial charge is 0.346 e. The van der Waals surface area contributed by atoms with Crippen molar-refractivity contribution >= 4 is 11.8 Å². The van der Waals surface area contributed by atoms with Crippen LogP contribution in [0.1, 0.15) is 25.0 Å². The number of aromatic nitrogens is 1. The van der Waals surface area contributed by atoms with Crippen LogP contribution in [0.4, 0.5) is 10.6 Å². The van der Waals surface area contributed by atoms with Crippen LogP contribution >= 0.6 is 0 Å². The van der Waals surface area contributed by atoms with Crippen molar-refractivity contribution in [3.05, 3.63) is 23.9 Å². The molecule has 1 aromatic heterocycles. The molecule has 2 N–H and O–H groups in total. The predicted molar refractivity (Wildman–Crippen MR) is 73.4 cm³/mol. The number of pyridine rings is 1. The van der Waals surface area contributed by atoms with Gasteiger partial charge in [0.05, 0.1) is 19.3 Å². The fourth-order valence-corrected chi connectivity index (χ4v) is 2.87. The van der Waals surface area contributed by atoms with Crippen LogP contribution < -0.4 is 10.6 Å². The highest BCUT2D eigenvalue weighted by molar-refractivity contribution is 5.88. The smallest absolute Gasteiger partial charge is 0.320 e. The lowest BCUT2D eigenvalue weighted by Gasteiger charge is -2.29. The van der Waals surface area contributed by atoms with E-state index in [2.05, 4.69) is 15.6 Å². The van der Waals surface area contributed by atoms with Crippen molar-refractivity contribution in [3.8, 4) is 0 Å². The molecular formula is C14H19N3O3. The summed E-state index contributed by atoms with van der Waals surface area (Å²) in [5.41, 5.74) is 0.864. The number of nitrogens with zero attached hydrogens (tertiary/aromatic N) is 1. The molecular weight excluding hydrogens is 258 g/mol. The van der Waals surface area contributed by atoms with Crippen LogP contribution in [-0.4, -0.2) is 36.1 Å². The van der Waals surface area contributed by atoms with Gasteiger partial charge in [0.15, 0.2) is 5.79 Å². The van der Waals surface area contributed by atoms with Crippen LogP contribution in [0.5, 0.6) is 0 Å². The summed E-state index contributed by atoms with van der Waals surface area (Å²) in [4.78, 5) is 16.3. The zero-order valence-electron chi connectivity index (χ0n) is 11.5. The first-order valence-electron chi connectivity index (χ1n) is 6.97. The number of hydrogen-bond donors (Lipinski definition) is 2. The van der Waals surface area contributed by atoms with Gasteiger partial charge in [0.25, 0.3) is 0 Å². The van der Waals surface area contributed by atoms with Crippen molar-refractivity contribution in [2.45, 2.75) is 38.0 Å². The lowest BCUT2D eigenvalue weighted by atomic mass is 10.1. The van der Waals surface area contributed by atoms with E-state index in [0.717, 1.165) is 25.0 Å². The molecule has 1 atom stereocenters. The molecule has 2 fully saturated rings. The number of rotatable bonds is 2. The quantitative estimate of drug-likeness (QED) is 0.864. The van der Waals surface area contributed by atoms with E-state index in [1.165, 1.54) is 0 Å². The highest BCUT2D eigenvalue weighted by Crippen LogP contribution is 2.37. The van der Waals surface area contributed by atoms with E-state index in [0.29, 0.717) is 19.0 Å². The first-order valence-corrected chi connectivity index (χ1v) is 6.97. The van der Waals surface area contributed by atoms with Crippen LogP contribution in [0.25, 0.3) is 0 Å². The van der Waals surface area contributed by atoms with Gasteiger partial charge in [-0.3, -0.25) is 5.32 Å². The Morgan fingerprint density at radius 3 is 2.95 bits per heavy atom. The number of aryl methyl sites for hydroxylation is 1. The molecule has 20 heavy (non-hydrogen) atoms. The van der Waals surface area contributed by atoms with E-state index in [9.17, 15) is 4.79 Å². The van der Waals surface area contributed by atoms with Gasteiger partial charge < -0.3 is 14.8 Å². The van der Waals surface area contributed by atoms with Gasteiger partial charge in [-0.05, 0) is 31.9 Å². The number of anilines is 1. The zero-order valence-corrected chi connectivity index (χ0v) is 11.5. The number of urea groups is 1. The van der Waals surface area contributed by atoms with Crippen LogP contribution in [0.3, 0.4) is 0 Å². The minimum Gasteiger partial charge on any atom is -0.346 e. The average Bonchev–Trinajstić information content (AvgIpc) is 3.02. The van der Waals surface area contributed by atoms with Gasteiger partial charge in [-0.15, -0.1) is 0 Å². The van der Waals surface area contributed by atoms with E-state index >= 15 is 0 Å². The monoisotopic (exact) mass is 277 g/mol. The molecule has 1 saturated heterocycles. The highest BCUT2D eigenvalue weighted by atomic mass is 16.7. The van der Waals surface area contributed by atoms with Crippen molar-refractivity contribution in [2.24, 2.45) is 0 Å². The number of ether oxygens (including phenoxy) is 2. The van der Waals surface area contributed by atoms with Gasteiger partial charge in [0.1, 0.15) is 5.82 Å². The van der Waals surface area contributed by atoms with Gasteiger partial charge in [0.2, 0.25) is 0 Å². The third-order valence-corrected chi connectivity index (χ3v) is 3.76. The summed E-state index contributed by atoms with van der Waals surface area (Å²) in [6, 6.07) is 5.14. The Labute approximate surface area is 117 Å². The standard InChI is InChI=1S/C14H19N3O3/c1-10-4-2-6-12(15-10)17-13(18)16-11-5-3-7-14(11)19-8-9-20-14/h2,4,6,11H,3,5,7-9H2,1H3,(H2,15,16,17,18). The molecule has 3 rings (SSSR count). The second-order valence-corrected chi connectivity index (χ2v) is 5.22. The number of hydrogen-bond acceptors (Lipinski definition) is 4. The Balaban J connectivity index is 1.61. The first kappa shape index (κ1) is 13.3. The Kier molecular flexibility index (Phi) is 3.58. The molecule has 2 heterocycles. The fourth-order valence-electron chi connectivity index (χ4n) is 2.87. The molecule has 1 aliphatic heterocycles. The van der Waals surface area contributed by atoms with E-state index in [1.54, 1.807) is 6.07 Å². The molecule has 1 unspecified atom stereocenters. The number of carbonyl (C=O) groups is 1. The average molecular weight is 277 g/mol. The summed E-state index contributed by atoms with van der Waals surface area (Å²) in [5, 5.41) is 5.68. The van der Waals surface area contributed by atoms with Crippen LogP contribution in [0.15, 0.2) is 18.2 Å². The van der Waals surface area contributed by atoms with Gasteiger partial charge >= 0.3 is 6.03 Å². The number of carbonyl (C=O) groups excluding carboxylic acids is 1. The summed E-state index contributed by atoms with van der Waals surface area (Å²) >= 11 is 0. The third-order valence-electron chi connectivity index (χ3n) is 3.76. The molecule has 0 radical (unpaired) electrons. The maximum absolute atomic E-state index is 12.0. The summed E-state index contributed by atoms with van der Waals surface area (Å²) < 4.78 is 11.4. The van der Waals surface area contributed by atoms with Gasteiger partial charge in [-0.2, -0.15) is 0 Å². The molecule has 1 spiro atoms. The lowest BCUT2D eigenvalue weighted by Crippen LogP contribution is -2.51. The lowest BCUT2D eigenvalue weighted by molar-refractivity contribution is -0.164. The van der Waals surface area contributed by atoms with Crippen LogP contribution in [0.2, 0.25) is 0 Å². The highest BCUT2D eigenvalue weighted by Gasteiger charge is 2.48. The van der Waals surface area contributed by atoms with E-state index in [-0.39, 0.29) is 12.1 Å². The molecule has 108 valence electrons. The number of nitrogens with one attached hydrogen (secondary N) is 2. The first-order chi connectivity index (χ1) is 9.68. The Morgan fingerprint density at radius 1 is 1.40 bits per heavy atom. The van der Waals surface area contributed by atoms with Gasteiger partial charge in [0, 0.05) is 12.1 Å². The molecule has 0 bridgehead atoms. The third kappa shape index (κ3) is 2.62. The normalized spacial score (nSPS) is 23.9. The van der Waals surface area contributed by atoms with Crippen molar-refractivity contribution in [2.75, 3.05) is 18.5 Å². The van der Waals surface area contributed by atoms with Gasteiger partial charge in [-0.1, -0.05) is 6.07 Å². The minimum absolute atomic E-state index is 0.102. The molecule has 6 heteroatoms. The van der Waals surface area contributed by atoms with E-state index in [1.807, 2.05) is 19.1 Å². The summed E-state index contributed by atoms with van der Waals surface area (Å²) in [5.74, 6) is -0.0695. The van der Waals surface area contributed by atoms with Crippen molar-refractivity contribution in [1.82, 2.24) is 10.3 Å². The maximum Gasteiger partial charge on any atom is 0.320 e. The molecule has 2 aliphatic rings. The molecule has 6 nitrogen and oxygen atoms in total. The van der Waals surface area contributed by atoms with E-state index in [4.69, 9.17) is 9.47 Å². The second-order valence-electron chi connectivity index (χ2n) is 5.22. The fraction of sp³-hybridized carbons (Fsp3) is 0.571. The SMILES string of the molecule is Cc1cccc(NC(=O)NC2CCCC23OCCO3)n1. The molecule has 1 aliphatic carbocycles. The Hall–Kier alpha value is -1.66. The van der Waals surface area contributed by atoms with E-state index < -0.39 is 5.79 Å². The summed E-state index contributed by atoms with van der Waals surface area (Å²) in [6.07, 6.45) is 2.70. The Morgan fingerprint density at radius 2 is 2.20 bits per heavy atom. The maximum atomic E-state index is 12.0. The molecule has 1 saturated carbocycles. The molecule has 2 amide bonds. The molecule has 1 aromatic rings. The summed E-state index contributed by atoms with van der Waals surface area (Å²) in [6.45, 7) is 3.08. The number of amides is 2. The van der Waals surface area contributed by atoms with Crippen molar-refractivity contribution in [3.63, 3.8) is 0 Å². The second kappa shape index (κ2) is 5.38. The zero-order chi connectivity index (χ0) is 14.0. The van der Waals surface area contributed by atoms with Gasteiger partial charge in [-0.25, -0.2) is 9.78 Å². The van der Waals surface area contributed by atoms with Crippen LogP contribution in [0, 0.1) is 6.92 Å². The minimum atomic E-state index is -0.614. The molecule has 0 aromatic carbocycles. The summed E-state index contributed by atoms with van der Waals surface area (Å²) in [7, 11) is 0. The topological polar surface area (TPSA) is 72.5 Å².